The second-order valence-electron chi connectivity index (χ2n) is 9.74. The molecule has 0 bridgehead atoms. The Morgan fingerprint density at radius 3 is 2.62 bits per heavy atom. The summed E-state index contributed by atoms with van der Waals surface area (Å²) in [5, 5.41) is 2.24. The maximum Gasteiger partial charge on any atom is 0.143 e. The fourth-order valence-corrected chi connectivity index (χ4v) is 6.32. The van der Waals surface area contributed by atoms with E-state index in [0.717, 1.165) is 43.1 Å². The molecule has 1 saturated carbocycles. The number of rotatable bonds is 7. The zero-order valence-corrected chi connectivity index (χ0v) is 21.6. The number of aromatic nitrogens is 1. The average Bonchev–Trinajstić information content (AvgIpc) is 3.53. The van der Waals surface area contributed by atoms with E-state index in [1.165, 1.54) is 35.2 Å². The van der Waals surface area contributed by atoms with Gasteiger partial charge in [-0.05, 0) is 79.0 Å². The van der Waals surface area contributed by atoms with Crippen LogP contribution in [0.2, 0.25) is 5.02 Å². The van der Waals surface area contributed by atoms with Crippen LogP contribution in [0.15, 0.2) is 65.8 Å². The number of benzene rings is 2. The number of hydrogen-bond acceptors (Lipinski definition) is 4. The van der Waals surface area contributed by atoms with Gasteiger partial charge in [0.2, 0.25) is 0 Å². The standard InChI is InChI=1S/C29H33ClN2OS/c1-20(2)25-9-5-6-10-26(25)21-11-13-27(28(17-21)33-23-7-3-4-8-23)32-16-15-24(19-32)34-29-14-12-22(30)18-31-29/h5-6,9-14,17-18,20,23-24H,3-4,7-8,15-16,19H2,1-2H3/t24-/m0/s1. The summed E-state index contributed by atoms with van der Waals surface area (Å²) in [5.74, 6) is 1.52. The van der Waals surface area contributed by atoms with Gasteiger partial charge in [-0.3, -0.25) is 0 Å². The third kappa shape index (κ3) is 5.39. The second-order valence-corrected chi connectivity index (χ2v) is 11.5. The van der Waals surface area contributed by atoms with E-state index in [1.807, 2.05) is 23.9 Å². The first-order chi connectivity index (χ1) is 16.6. The summed E-state index contributed by atoms with van der Waals surface area (Å²) in [5.41, 5.74) is 5.17. The zero-order chi connectivity index (χ0) is 23.5. The number of thioether (sulfide) groups is 1. The van der Waals surface area contributed by atoms with Crippen LogP contribution < -0.4 is 9.64 Å². The Bertz CT molecular complexity index is 1110. The molecule has 0 spiro atoms. The van der Waals surface area contributed by atoms with Crippen molar-refractivity contribution in [1.29, 1.82) is 0 Å². The van der Waals surface area contributed by atoms with Crippen molar-refractivity contribution in [3.8, 4) is 16.9 Å². The molecule has 1 saturated heterocycles. The maximum atomic E-state index is 6.67. The topological polar surface area (TPSA) is 25.4 Å². The smallest absolute Gasteiger partial charge is 0.143 e. The van der Waals surface area contributed by atoms with Crippen molar-refractivity contribution >= 4 is 29.1 Å². The van der Waals surface area contributed by atoms with Crippen LogP contribution >= 0.6 is 23.4 Å². The van der Waals surface area contributed by atoms with Crippen LogP contribution in [0, 0.1) is 0 Å². The van der Waals surface area contributed by atoms with E-state index in [1.54, 1.807) is 6.20 Å². The Morgan fingerprint density at radius 1 is 1.03 bits per heavy atom. The highest BCUT2D eigenvalue weighted by Gasteiger charge is 2.27. The molecule has 1 aliphatic heterocycles. The maximum absolute atomic E-state index is 6.67. The number of pyridine rings is 1. The van der Waals surface area contributed by atoms with Crippen LogP contribution in [0.3, 0.4) is 0 Å². The van der Waals surface area contributed by atoms with Crippen LogP contribution in [-0.4, -0.2) is 29.4 Å². The first-order valence-electron chi connectivity index (χ1n) is 12.5. The summed E-state index contributed by atoms with van der Waals surface area (Å²) in [4.78, 5) is 6.98. The summed E-state index contributed by atoms with van der Waals surface area (Å²) < 4.78 is 6.67. The normalized spacial score (nSPS) is 18.7. The van der Waals surface area contributed by atoms with Crippen molar-refractivity contribution in [3.63, 3.8) is 0 Å². The highest BCUT2D eigenvalue weighted by molar-refractivity contribution is 7.99. The van der Waals surface area contributed by atoms with Crippen LogP contribution in [0.5, 0.6) is 5.75 Å². The molecule has 5 heteroatoms. The third-order valence-corrected chi connectivity index (χ3v) is 8.35. The third-order valence-electron chi connectivity index (χ3n) is 6.92. The molecule has 0 radical (unpaired) electrons. The summed E-state index contributed by atoms with van der Waals surface area (Å²) in [6.07, 6.45) is 8.06. The molecule has 34 heavy (non-hydrogen) atoms. The van der Waals surface area contributed by atoms with Gasteiger partial charge in [0.05, 0.1) is 21.8 Å². The van der Waals surface area contributed by atoms with Crippen molar-refractivity contribution < 1.29 is 4.74 Å². The SMILES string of the molecule is CC(C)c1ccccc1-c1ccc(N2CC[C@H](Sc3ccc(Cl)cn3)C2)c(OC2CCCC2)c1. The lowest BCUT2D eigenvalue weighted by Gasteiger charge is -2.25. The molecular weight excluding hydrogens is 460 g/mol. The van der Waals surface area contributed by atoms with Crippen molar-refractivity contribution in [2.75, 3.05) is 18.0 Å². The minimum absolute atomic E-state index is 0.334. The van der Waals surface area contributed by atoms with E-state index in [4.69, 9.17) is 16.3 Å². The van der Waals surface area contributed by atoms with E-state index < -0.39 is 0 Å². The molecular formula is C29H33ClN2OS. The molecule has 0 N–H and O–H groups in total. The summed E-state index contributed by atoms with van der Waals surface area (Å²) >= 11 is 7.86. The largest absolute Gasteiger partial charge is 0.488 e. The Kier molecular flexibility index (Phi) is 7.36. The van der Waals surface area contributed by atoms with Gasteiger partial charge in [-0.2, -0.15) is 0 Å². The predicted octanol–water partition coefficient (Wildman–Crippen LogP) is 8.22. The molecule has 1 atom stereocenters. The van der Waals surface area contributed by atoms with Crippen molar-refractivity contribution in [3.05, 3.63) is 71.4 Å². The molecule has 2 fully saturated rings. The van der Waals surface area contributed by atoms with Crippen molar-refractivity contribution in [1.82, 2.24) is 4.98 Å². The van der Waals surface area contributed by atoms with E-state index in [2.05, 4.69) is 66.2 Å². The van der Waals surface area contributed by atoms with E-state index in [9.17, 15) is 0 Å². The number of ether oxygens (including phenoxy) is 1. The highest BCUT2D eigenvalue weighted by atomic mass is 35.5. The summed E-state index contributed by atoms with van der Waals surface area (Å²) in [7, 11) is 0. The van der Waals surface area contributed by atoms with E-state index in [0.29, 0.717) is 22.3 Å². The lowest BCUT2D eigenvalue weighted by molar-refractivity contribution is 0.210. The Morgan fingerprint density at radius 2 is 1.85 bits per heavy atom. The van der Waals surface area contributed by atoms with Crippen LogP contribution in [0.1, 0.15) is 57.4 Å². The first kappa shape index (κ1) is 23.6. The molecule has 178 valence electrons. The van der Waals surface area contributed by atoms with Gasteiger partial charge in [0.1, 0.15) is 5.75 Å². The molecule has 5 rings (SSSR count). The van der Waals surface area contributed by atoms with Gasteiger partial charge in [0.15, 0.2) is 0 Å². The second kappa shape index (κ2) is 10.6. The number of anilines is 1. The number of hydrogen-bond donors (Lipinski definition) is 0. The Balaban J connectivity index is 1.40. The lowest BCUT2D eigenvalue weighted by Crippen LogP contribution is -2.22. The highest BCUT2D eigenvalue weighted by Crippen LogP contribution is 2.41. The quantitative estimate of drug-likeness (QED) is 0.331. The van der Waals surface area contributed by atoms with Gasteiger partial charge in [-0.1, -0.05) is 55.8 Å². The minimum Gasteiger partial charge on any atom is -0.488 e. The van der Waals surface area contributed by atoms with Crippen LogP contribution in [-0.2, 0) is 0 Å². The Hall–Kier alpha value is -2.17. The fraction of sp³-hybridized carbons (Fsp3) is 0.414. The molecule has 3 nitrogen and oxygen atoms in total. The molecule has 2 aliphatic rings. The van der Waals surface area contributed by atoms with Crippen molar-refractivity contribution in [2.45, 2.75) is 68.2 Å². The predicted molar refractivity (Wildman–Crippen MR) is 145 cm³/mol. The summed E-state index contributed by atoms with van der Waals surface area (Å²) in [6, 6.07) is 19.6. The summed E-state index contributed by atoms with van der Waals surface area (Å²) in [6.45, 7) is 6.56. The number of halogens is 1. The lowest BCUT2D eigenvalue weighted by atomic mass is 9.92. The Labute approximate surface area is 212 Å². The minimum atomic E-state index is 0.334. The van der Waals surface area contributed by atoms with Crippen LogP contribution in [0.25, 0.3) is 11.1 Å². The van der Waals surface area contributed by atoms with Gasteiger partial charge < -0.3 is 9.64 Å². The molecule has 2 aromatic carbocycles. The molecule has 2 heterocycles. The van der Waals surface area contributed by atoms with Crippen LogP contribution in [0.4, 0.5) is 5.69 Å². The first-order valence-corrected chi connectivity index (χ1v) is 13.8. The molecule has 0 unspecified atom stereocenters. The van der Waals surface area contributed by atoms with Gasteiger partial charge in [-0.15, -0.1) is 11.8 Å². The molecule has 3 aromatic rings. The zero-order valence-electron chi connectivity index (χ0n) is 20.0. The fourth-order valence-electron chi connectivity index (χ4n) is 5.13. The van der Waals surface area contributed by atoms with Gasteiger partial charge in [-0.25, -0.2) is 4.98 Å². The van der Waals surface area contributed by atoms with Gasteiger partial charge in [0, 0.05) is 24.5 Å². The van der Waals surface area contributed by atoms with Gasteiger partial charge >= 0.3 is 0 Å². The molecule has 1 aliphatic carbocycles. The average molecular weight is 493 g/mol. The van der Waals surface area contributed by atoms with Crippen molar-refractivity contribution in [2.24, 2.45) is 0 Å². The van der Waals surface area contributed by atoms with Gasteiger partial charge in [0.25, 0.3) is 0 Å². The van der Waals surface area contributed by atoms with E-state index >= 15 is 0 Å². The number of nitrogens with zero attached hydrogens (tertiary/aromatic N) is 2. The molecule has 1 aromatic heterocycles. The molecule has 0 amide bonds. The monoisotopic (exact) mass is 492 g/mol. The van der Waals surface area contributed by atoms with E-state index in [-0.39, 0.29) is 0 Å².